The highest BCUT2D eigenvalue weighted by atomic mass is 35.5. The van der Waals surface area contributed by atoms with Crippen LogP contribution in [0.2, 0.25) is 4.34 Å². The van der Waals surface area contributed by atoms with Gasteiger partial charge in [-0.05, 0) is 43.2 Å². The van der Waals surface area contributed by atoms with E-state index in [4.69, 9.17) is 21.1 Å². The first-order valence-electron chi connectivity index (χ1n) is 10.6. The fourth-order valence-electron chi connectivity index (χ4n) is 2.97. The molecule has 10 heteroatoms. The summed E-state index contributed by atoms with van der Waals surface area (Å²) in [6.45, 7) is 5.66. The number of ether oxygens (including phenoxy) is 2. The van der Waals surface area contributed by atoms with Gasteiger partial charge in [0, 0.05) is 25.2 Å². The van der Waals surface area contributed by atoms with Crippen LogP contribution >= 0.6 is 22.9 Å². The molecule has 178 valence electrons. The second-order valence-corrected chi connectivity index (χ2v) is 8.76. The van der Waals surface area contributed by atoms with Crippen LogP contribution < -0.4 is 15.4 Å². The number of esters is 1. The molecule has 0 bridgehead atoms. The highest BCUT2D eigenvalue weighted by Crippen LogP contribution is 2.37. The quantitative estimate of drug-likeness (QED) is 0.275. The maximum absolute atomic E-state index is 12.4. The van der Waals surface area contributed by atoms with E-state index in [0.717, 1.165) is 16.9 Å². The number of amides is 2. The van der Waals surface area contributed by atoms with Crippen molar-refractivity contribution in [2.45, 2.75) is 33.7 Å². The third-order valence-electron chi connectivity index (χ3n) is 4.75. The standard InChI is InChI=1S/C24H24ClN3O5S/c1-4-19(29)18-12-17(10-11-26-18)33-16-8-6-15(7-9-16)13-27-24(31)28-22-20(23(30)32-5-2)14(3)21(25)34-22/h6-12H,4-5,13H2,1-3H3,(H2,27,28,31). The fraction of sp³-hybridized carbons (Fsp3) is 0.250. The Balaban J connectivity index is 1.58. The Labute approximate surface area is 206 Å². The van der Waals surface area contributed by atoms with Gasteiger partial charge >= 0.3 is 12.0 Å². The van der Waals surface area contributed by atoms with Gasteiger partial charge in [-0.3, -0.25) is 15.1 Å². The van der Waals surface area contributed by atoms with Gasteiger partial charge < -0.3 is 14.8 Å². The number of urea groups is 1. The molecule has 0 radical (unpaired) electrons. The number of nitrogens with zero attached hydrogens (tertiary/aromatic N) is 1. The minimum Gasteiger partial charge on any atom is -0.462 e. The highest BCUT2D eigenvalue weighted by Gasteiger charge is 2.22. The molecule has 0 saturated heterocycles. The number of Topliss-reactive ketones (excluding diaryl/α,β-unsaturated/α-hetero) is 1. The summed E-state index contributed by atoms with van der Waals surface area (Å²) in [5, 5.41) is 5.75. The monoisotopic (exact) mass is 501 g/mol. The summed E-state index contributed by atoms with van der Waals surface area (Å²) < 4.78 is 11.3. The molecule has 2 heterocycles. The Morgan fingerprint density at radius 1 is 1.09 bits per heavy atom. The van der Waals surface area contributed by atoms with Crippen LogP contribution in [0.15, 0.2) is 42.6 Å². The topological polar surface area (TPSA) is 107 Å². The van der Waals surface area contributed by atoms with Crippen molar-refractivity contribution in [3.63, 3.8) is 0 Å². The molecule has 0 saturated carbocycles. The van der Waals surface area contributed by atoms with Gasteiger partial charge in [-0.15, -0.1) is 11.3 Å². The first kappa shape index (κ1) is 25.2. The third-order valence-corrected chi connectivity index (χ3v) is 6.26. The van der Waals surface area contributed by atoms with Gasteiger partial charge in [0.05, 0.1) is 16.5 Å². The van der Waals surface area contributed by atoms with Crippen molar-refractivity contribution in [1.29, 1.82) is 0 Å². The van der Waals surface area contributed by atoms with Crippen LogP contribution in [0.3, 0.4) is 0 Å². The second-order valence-electron chi connectivity index (χ2n) is 7.13. The van der Waals surface area contributed by atoms with Crippen molar-refractivity contribution < 1.29 is 23.9 Å². The van der Waals surface area contributed by atoms with Gasteiger partial charge in [0.2, 0.25) is 0 Å². The maximum atomic E-state index is 12.4. The predicted molar refractivity (Wildman–Crippen MR) is 131 cm³/mol. The molecule has 8 nitrogen and oxygen atoms in total. The molecule has 0 spiro atoms. The van der Waals surface area contributed by atoms with Crippen LogP contribution in [0.4, 0.5) is 9.80 Å². The summed E-state index contributed by atoms with van der Waals surface area (Å²) >= 11 is 7.25. The normalized spacial score (nSPS) is 10.5. The van der Waals surface area contributed by atoms with Crippen LogP contribution in [0.25, 0.3) is 0 Å². The summed E-state index contributed by atoms with van der Waals surface area (Å²) in [5.41, 5.74) is 2.02. The average molecular weight is 502 g/mol. The van der Waals surface area contributed by atoms with Gasteiger partial charge in [-0.25, -0.2) is 9.59 Å². The van der Waals surface area contributed by atoms with Gasteiger partial charge in [-0.1, -0.05) is 30.7 Å². The molecule has 0 aliphatic heterocycles. The van der Waals surface area contributed by atoms with Crippen LogP contribution in [-0.2, 0) is 11.3 Å². The smallest absolute Gasteiger partial charge is 0.341 e. The molecular formula is C24H24ClN3O5S. The molecule has 0 fully saturated rings. The van der Waals surface area contributed by atoms with Crippen molar-refractivity contribution in [3.05, 3.63) is 69.3 Å². The number of thiophene rings is 1. The summed E-state index contributed by atoms with van der Waals surface area (Å²) in [4.78, 5) is 40.5. The highest BCUT2D eigenvalue weighted by molar-refractivity contribution is 7.20. The Hall–Kier alpha value is -3.43. The molecule has 1 aromatic carbocycles. The third kappa shape index (κ3) is 6.33. The molecule has 34 heavy (non-hydrogen) atoms. The molecule has 2 amide bonds. The van der Waals surface area contributed by atoms with Crippen molar-refractivity contribution in [2.75, 3.05) is 11.9 Å². The van der Waals surface area contributed by atoms with Crippen molar-refractivity contribution in [2.24, 2.45) is 0 Å². The van der Waals surface area contributed by atoms with Gasteiger partial charge in [0.25, 0.3) is 0 Å². The van der Waals surface area contributed by atoms with E-state index in [-0.39, 0.29) is 24.5 Å². The Kier molecular flexibility index (Phi) is 8.61. The summed E-state index contributed by atoms with van der Waals surface area (Å²) in [7, 11) is 0. The molecule has 0 aliphatic carbocycles. The average Bonchev–Trinajstić information content (AvgIpc) is 3.11. The number of halogens is 1. The SMILES string of the molecule is CCOC(=O)c1c(NC(=O)NCc2ccc(Oc3ccnc(C(=O)CC)c3)cc2)sc(Cl)c1C. The van der Waals surface area contributed by atoms with E-state index in [0.29, 0.717) is 38.5 Å². The lowest BCUT2D eigenvalue weighted by Crippen LogP contribution is -2.28. The van der Waals surface area contributed by atoms with E-state index in [1.807, 2.05) is 12.1 Å². The maximum Gasteiger partial charge on any atom is 0.341 e. The number of aromatic nitrogens is 1. The Bertz CT molecular complexity index is 1190. The van der Waals surface area contributed by atoms with E-state index in [2.05, 4.69) is 15.6 Å². The van der Waals surface area contributed by atoms with E-state index in [1.165, 1.54) is 6.20 Å². The predicted octanol–water partition coefficient (Wildman–Crippen LogP) is 5.99. The number of benzene rings is 1. The van der Waals surface area contributed by atoms with E-state index >= 15 is 0 Å². The van der Waals surface area contributed by atoms with Crippen LogP contribution in [0.5, 0.6) is 11.5 Å². The molecule has 3 rings (SSSR count). The lowest BCUT2D eigenvalue weighted by Gasteiger charge is -2.10. The first-order chi connectivity index (χ1) is 16.3. The van der Waals surface area contributed by atoms with Gasteiger partial charge in [-0.2, -0.15) is 0 Å². The largest absolute Gasteiger partial charge is 0.462 e. The van der Waals surface area contributed by atoms with Crippen LogP contribution in [0, 0.1) is 6.92 Å². The minimum absolute atomic E-state index is 0.0560. The number of nitrogens with one attached hydrogen (secondary N) is 2. The first-order valence-corrected chi connectivity index (χ1v) is 11.8. The number of rotatable bonds is 9. The van der Waals surface area contributed by atoms with Crippen molar-refractivity contribution in [3.8, 4) is 11.5 Å². The van der Waals surface area contributed by atoms with E-state index in [1.54, 1.807) is 45.0 Å². The van der Waals surface area contributed by atoms with Gasteiger partial charge in [0.1, 0.15) is 22.2 Å². The zero-order chi connectivity index (χ0) is 24.7. The molecule has 0 unspecified atom stereocenters. The number of pyridine rings is 1. The Morgan fingerprint density at radius 3 is 2.50 bits per heavy atom. The van der Waals surface area contributed by atoms with Crippen molar-refractivity contribution in [1.82, 2.24) is 10.3 Å². The molecule has 2 N–H and O–H groups in total. The molecular weight excluding hydrogens is 478 g/mol. The lowest BCUT2D eigenvalue weighted by molar-refractivity contribution is 0.0527. The van der Waals surface area contributed by atoms with E-state index in [9.17, 15) is 14.4 Å². The summed E-state index contributed by atoms with van der Waals surface area (Å²) in [6, 6.07) is 9.95. The number of hydrogen-bond donors (Lipinski definition) is 2. The van der Waals surface area contributed by atoms with E-state index < -0.39 is 12.0 Å². The number of hydrogen-bond acceptors (Lipinski definition) is 7. The zero-order valence-corrected chi connectivity index (χ0v) is 20.5. The molecule has 2 aromatic heterocycles. The minimum atomic E-state index is -0.533. The number of carbonyl (C=O) groups excluding carboxylic acids is 3. The Morgan fingerprint density at radius 2 is 1.82 bits per heavy atom. The molecule has 0 aliphatic rings. The van der Waals surface area contributed by atoms with Crippen LogP contribution in [0.1, 0.15) is 52.2 Å². The number of carbonyl (C=O) groups is 3. The fourth-order valence-corrected chi connectivity index (χ4v) is 4.21. The summed E-state index contributed by atoms with van der Waals surface area (Å²) in [6.07, 6.45) is 1.90. The number of anilines is 1. The lowest BCUT2D eigenvalue weighted by atomic mass is 10.2. The van der Waals surface area contributed by atoms with Crippen molar-refractivity contribution >= 4 is 45.7 Å². The molecule has 3 aromatic rings. The molecule has 0 atom stereocenters. The summed E-state index contributed by atoms with van der Waals surface area (Å²) in [5.74, 6) is 0.505. The number of ketones is 1. The van der Waals surface area contributed by atoms with Gasteiger partial charge in [0.15, 0.2) is 5.78 Å². The second kappa shape index (κ2) is 11.6. The zero-order valence-electron chi connectivity index (χ0n) is 18.9. The van der Waals surface area contributed by atoms with Crippen LogP contribution in [-0.4, -0.2) is 29.4 Å².